The number of halogens is 3. The molecule has 204 valence electrons. The number of nitrogens with two attached hydrogens (primary N) is 1. The Kier molecular flexibility index (Phi) is 9.56. The van der Waals surface area contributed by atoms with Crippen LogP contribution in [-0.4, -0.2) is 54.0 Å². The minimum Gasteiger partial charge on any atom is -0.475 e. The Labute approximate surface area is 221 Å². The van der Waals surface area contributed by atoms with E-state index in [9.17, 15) is 27.6 Å². The summed E-state index contributed by atoms with van der Waals surface area (Å²) >= 11 is 0. The molecule has 0 heterocycles. The molecular formula is C28H25F3N2O6. The van der Waals surface area contributed by atoms with Crippen LogP contribution in [0.3, 0.4) is 0 Å². The molecule has 39 heavy (non-hydrogen) atoms. The molecule has 0 radical (unpaired) electrons. The third-order valence-corrected chi connectivity index (χ3v) is 5.68. The molecule has 3 aromatic rings. The van der Waals surface area contributed by atoms with E-state index in [-0.39, 0.29) is 18.2 Å². The molecule has 11 heteroatoms. The summed E-state index contributed by atoms with van der Waals surface area (Å²) in [6.45, 7) is 0.680. The van der Waals surface area contributed by atoms with Crippen molar-refractivity contribution in [3.8, 4) is 0 Å². The highest BCUT2D eigenvalue weighted by molar-refractivity contribution is 6.30. The van der Waals surface area contributed by atoms with Gasteiger partial charge in [-0.1, -0.05) is 66.7 Å². The molecule has 1 aliphatic rings. The second-order valence-corrected chi connectivity index (χ2v) is 8.48. The molecule has 0 unspecified atom stereocenters. The lowest BCUT2D eigenvalue weighted by atomic mass is 9.83. The Morgan fingerprint density at radius 1 is 0.872 bits per heavy atom. The molecule has 0 saturated carbocycles. The first kappa shape index (κ1) is 29.1. The lowest BCUT2D eigenvalue weighted by Crippen LogP contribution is -2.34. The molecule has 4 rings (SSSR count). The van der Waals surface area contributed by atoms with Crippen molar-refractivity contribution >= 4 is 29.2 Å². The number of ketones is 2. The number of carboxylic acid groups (broad SMARTS) is 1. The largest absolute Gasteiger partial charge is 0.490 e. The van der Waals surface area contributed by atoms with Gasteiger partial charge in [0.1, 0.15) is 6.04 Å². The van der Waals surface area contributed by atoms with Gasteiger partial charge < -0.3 is 20.9 Å². The number of esters is 1. The van der Waals surface area contributed by atoms with Gasteiger partial charge in [-0.2, -0.15) is 13.2 Å². The van der Waals surface area contributed by atoms with Crippen LogP contribution in [0.1, 0.15) is 43.8 Å². The molecule has 4 N–H and O–H groups in total. The topological polar surface area (TPSA) is 136 Å². The first-order valence-corrected chi connectivity index (χ1v) is 11.8. The van der Waals surface area contributed by atoms with E-state index in [0.717, 1.165) is 5.56 Å². The highest BCUT2D eigenvalue weighted by Crippen LogP contribution is 2.31. The number of fused-ring (bicyclic) bond motifs is 2. The number of hydrogen-bond donors (Lipinski definition) is 3. The van der Waals surface area contributed by atoms with Crippen LogP contribution in [0.25, 0.3) is 0 Å². The van der Waals surface area contributed by atoms with Gasteiger partial charge in [0.2, 0.25) is 0 Å². The van der Waals surface area contributed by atoms with Crippen LogP contribution in [0, 0.1) is 0 Å². The molecule has 0 fully saturated rings. The number of nitrogens with one attached hydrogen (secondary N) is 1. The highest BCUT2D eigenvalue weighted by Gasteiger charge is 2.38. The van der Waals surface area contributed by atoms with Crippen LogP contribution in [0.15, 0.2) is 72.8 Å². The predicted molar refractivity (Wildman–Crippen MR) is 136 cm³/mol. The van der Waals surface area contributed by atoms with Crippen LogP contribution in [0.4, 0.5) is 18.9 Å². The van der Waals surface area contributed by atoms with Crippen molar-refractivity contribution in [3.63, 3.8) is 0 Å². The quantitative estimate of drug-likeness (QED) is 0.225. The lowest BCUT2D eigenvalue weighted by molar-refractivity contribution is -0.192. The van der Waals surface area contributed by atoms with Crippen LogP contribution in [-0.2, 0) is 20.7 Å². The SMILES string of the molecule is N[C@H](Cc1ccccc1)C(=O)OCCCNc1cccc2c1C(=O)c1ccccc1C2=O.O=C(O)C(F)(F)F. The van der Waals surface area contributed by atoms with Gasteiger partial charge in [0.25, 0.3) is 0 Å². The fraction of sp³-hybridized carbons (Fsp3) is 0.214. The molecule has 1 aliphatic carbocycles. The first-order chi connectivity index (χ1) is 18.5. The number of benzene rings is 3. The zero-order valence-corrected chi connectivity index (χ0v) is 20.5. The first-order valence-electron chi connectivity index (χ1n) is 11.8. The molecule has 0 bridgehead atoms. The van der Waals surface area contributed by atoms with Gasteiger partial charge in [0.15, 0.2) is 11.6 Å². The number of alkyl halides is 3. The standard InChI is InChI=1S/C26H24N2O4.C2HF3O2/c27-21(16-17-8-2-1-3-9-17)26(31)32-15-7-14-28-22-13-6-12-20-23(22)25(30)19-11-5-4-10-18(19)24(20)29;3-2(4,5)1(6)7/h1-6,8-13,21,28H,7,14-16,27H2;(H,6,7)/t21-;/m1./s1. The van der Waals surface area contributed by atoms with E-state index in [2.05, 4.69) is 5.32 Å². The average Bonchev–Trinajstić information content (AvgIpc) is 2.91. The van der Waals surface area contributed by atoms with Gasteiger partial charge in [0.05, 0.1) is 12.2 Å². The van der Waals surface area contributed by atoms with E-state index < -0.39 is 24.2 Å². The molecule has 0 amide bonds. The number of carbonyl (C=O) groups is 4. The maximum atomic E-state index is 13.0. The summed E-state index contributed by atoms with van der Waals surface area (Å²) in [7, 11) is 0. The van der Waals surface area contributed by atoms with E-state index in [4.69, 9.17) is 20.4 Å². The van der Waals surface area contributed by atoms with Crippen LogP contribution >= 0.6 is 0 Å². The fourth-order valence-electron chi connectivity index (χ4n) is 3.82. The summed E-state index contributed by atoms with van der Waals surface area (Å²) in [6, 6.07) is 20.9. The summed E-state index contributed by atoms with van der Waals surface area (Å²) in [5.74, 6) is -3.52. The molecule has 3 aromatic carbocycles. The molecule has 0 aliphatic heterocycles. The second-order valence-electron chi connectivity index (χ2n) is 8.48. The van der Waals surface area contributed by atoms with E-state index in [1.165, 1.54) is 0 Å². The van der Waals surface area contributed by atoms with Crippen LogP contribution in [0.5, 0.6) is 0 Å². The summed E-state index contributed by atoms with van der Waals surface area (Å²) in [5.41, 5.74) is 9.15. The zero-order valence-electron chi connectivity index (χ0n) is 20.5. The number of carbonyl (C=O) groups excluding carboxylic acids is 3. The van der Waals surface area contributed by atoms with Gasteiger partial charge in [0, 0.05) is 28.9 Å². The van der Waals surface area contributed by atoms with Crippen molar-refractivity contribution in [2.24, 2.45) is 5.73 Å². The summed E-state index contributed by atoms with van der Waals surface area (Å²) in [5, 5.41) is 10.3. The summed E-state index contributed by atoms with van der Waals surface area (Å²) in [4.78, 5) is 46.8. The van der Waals surface area contributed by atoms with E-state index in [1.54, 1.807) is 42.5 Å². The van der Waals surface area contributed by atoms with Crippen molar-refractivity contribution in [2.45, 2.75) is 25.1 Å². The number of hydrogen-bond acceptors (Lipinski definition) is 7. The molecule has 0 saturated heterocycles. The molecule has 0 spiro atoms. The Morgan fingerprint density at radius 2 is 1.44 bits per heavy atom. The minimum absolute atomic E-state index is 0.153. The van der Waals surface area contributed by atoms with Crippen LogP contribution < -0.4 is 11.1 Å². The predicted octanol–water partition coefficient (Wildman–Crippen LogP) is 4.01. The number of anilines is 1. The van der Waals surface area contributed by atoms with Crippen molar-refractivity contribution in [2.75, 3.05) is 18.5 Å². The van der Waals surface area contributed by atoms with Crippen molar-refractivity contribution < 1.29 is 42.2 Å². The van der Waals surface area contributed by atoms with E-state index in [0.29, 0.717) is 47.3 Å². The molecule has 1 atom stereocenters. The summed E-state index contributed by atoms with van der Waals surface area (Å²) in [6.07, 6.45) is -4.13. The van der Waals surface area contributed by atoms with Gasteiger partial charge in [-0.3, -0.25) is 14.4 Å². The van der Waals surface area contributed by atoms with Crippen molar-refractivity contribution in [3.05, 3.63) is 101 Å². The maximum Gasteiger partial charge on any atom is 0.490 e. The van der Waals surface area contributed by atoms with Gasteiger partial charge in [-0.25, -0.2) is 4.79 Å². The number of ether oxygens (including phenoxy) is 1. The molecule has 8 nitrogen and oxygen atoms in total. The van der Waals surface area contributed by atoms with Crippen molar-refractivity contribution in [1.82, 2.24) is 0 Å². The normalized spacial score (nSPS) is 12.8. The average molecular weight is 543 g/mol. The van der Waals surface area contributed by atoms with Gasteiger partial charge in [-0.15, -0.1) is 0 Å². The number of aliphatic carboxylic acids is 1. The Balaban J connectivity index is 0.000000532. The Hall–Kier alpha value is -4.51. The third kappa shape index (κ3) is 7.51. The lowest BCUT2D eigenvalue weighted by Gasteiger charge is -2.20. The maximum absolute atomic E-state index is 13.0. The minimum atomic E-state index is -5.08. The highest BCUT2D eigenvalue weighted by atomic mass is 19.4. The van der Waals surface area contributed by atoms with Gasteiger partial charge >= 0.3 is 18.1 Å². The number of carboxylic acids is 1. The molecular weight excluding hydrogens is 517 g/mol. The smallest absolute Gasteiger partial charge is 0.475 e. The zero-order chi connectivity index (χ0) is 28.6. The van der Waals surface area contributed by atoms with E-state index in [1.807, 2.05) is 30.3 Å². The van der Waals surface area contributed by atoms with E-state index >= 15 is 0 Å². The second kappa shape index (κ2) is 12.8. The summed E-state index contributed by atoms with van der Waals surface area (Å²) < 4.78 is 37.0. The Bertz CT molecular complexity index is 1360. The third-order valence-electron chi connectivity index (χ3n) is 5.68. The van der Waals surface area contributed by atoms with Crippen molar-refractivity contribution in [1.29, 1.82) is 0 Å². The molecule has 0 aromatic heterocycles. The number of rotatable bonds is 8. The fourth-order valence-corrected chi connectivity index (χ4v) is 3.82. The monoisotopic (exact) mass is 542 g/mol. The van der Waals surface area contributed by atoms with Crippen LogP contribution in [0.2, 0.25) is 0 Å². The Morgan fingerprint density at radius 3 is 2.05 bits per heavy atom. The van der Waals surface area contributed by atoms with Gasteiger partial charge in [-0.05, 0) is 24.5 Å².